The van der Waals surface area contributed by atoms with Gasteiger partial charge in [0, 0.05) is 5.56 Å². The number of nitrogens with one attached hydrogen (secondary N) is 1. The molecule has 0 atom stereocenters. The summed E-state index contributed by atoms with van der Waals surface area (Å²) in [5.74, 6) is 1.44. The van der Waals surface area contributed by atoms with Crippen molar-refractivity contribution < 1.29 is 19.0 Å². The molecule has 2 rings (SSSR count). The second kappa shape index (κ2) is 9.88. The van der Waals surface area contributed by atoms with Crippen LogP contribution in [0.4, 0.5) is 0 Å². The number of hydrazone groups is 1. The molecule has 0 fully saturated rings. The SMILES string of the molecule is C=CCOc1cccc(/C=N/NC(=O)c2ccc(OCC)c(OC)c2)c1. The molecule has 0 aromatic heterocycles. The van der Waals surface area contributed by atoms with Crippen molar-refractivity contribution in [2.24, 2.45) is 5.10 Å². The summed E-state index contributed by atoms with van der Waals surface area (Å²) in [6, 6.07) is 12.3. The van der Waals surface area contributed by atoms with Gasteiger partial charge in [0.25, 0.3) is 5.91 Å². The molecule has 0 spiro atoms. The van der Waals surface area contributed by atoms with Crippen LogP contribution in [0.5, 0.6) is 17.2 Å². The lowest BCUT2D eigenvalue weighted by Gasteiger charge is -2.10. The molecule has 0 saturated heterocycles. The van der Waals surface area contributed by atoms with E-state index in [0.717, 1.165) is 5.56 Å². The standard InChI is InChI=1S/C20H22N2O4/c1-4-11-26-17-8-6-7-15(12-17)14-21-22-20(23)16-9-10-18(25-5-2)19(13-16)24-3/h4,6-10,12-14H,1,5,11H2,2-3H3,(H,22,23)/b21-14+. The highest BCUT2D eigenvalue weighted by atomic mass is 16.5. The molecule has 26 heavy (non-hydrogen) atoms. The van der Waals surface area contributed by atoms with Gasteiger partial charge in [-0.25, -0.2) is 5.43 Å². The van der Waals surface area contributed by atoms with Crippen LogP contribution in [0.15, 0.2) is 60.2 Å². The first-order valence-electron chi connectivity index (χ1n) is 8.16. The van der Waals surface area contributed by atoms with Crippen molar-refractivity contribution in [1.82, 2.24) is 5.43 Å². The highest BCUT2D eigenvalue weighted by molar-refractivity contribution is 5.95. The summed E-state index contributed by atoms with van der Waals surface area (Å²) >= 11 is 0. The lowest BCUT2D eigenvalue weighted by molar-refractivity contribution is 0.0954. The number of amides is 1. The number of carbonyl (C=O) groups is 1. The predicted molar refractivity (Wildman–Crippen MR) is 101 cm³/mol. The third-order valence-electron chi connectivity index (χ3n) is 3.33. The highest BCUT2D eigenvalue weighted by Crippen LogP contribution is 2.27. The lowest BCUT2D eigenvalue weighted by atomic mass is 10.2. The molecule has 0 unspecified atom stereocenters. The number of rotatable bonds is 9. The Morgan fingerprint density at radius 1 is 1.19 bits per heavy atom. The fourth-order valence-electron chi connectivity index (χ4n) is 2.15. The van der Waals surface area contributed by atoms with Crippen LogP contribution in [0.25, 0.3) is 0 Å². The first-order valence-corrected chi connectivity index (χ1v) is 8.16. The van der Waals surface area contributed by atoms with Crippen LogP contribution in [0.3, 0.4) is 0 Å². The molecule has 2 aromatic rings. The Hall–Kier alpha value is -3.28. The van der Waals surface area contributed by atoms with Crippen LogP contribution in [-0.2, 0) is 0 Å². The number of nitrogens with zero attached hydrogens (tertiary/aromatic N) is 1. The fraction of sp³-hybridized carbons (Fsp3) is 0.200. The van der Waals surface area contributed by atoms with E-state index < -0.39 is 0 Å². The van der Waals surface area contributed by atoms with E-state index >= 15 is 0 Å². The van der Waals surface area contributed by atoms with Gasteiger partial charge >= 0.3 is 0 Å². The van der Waals surface area contributed by atoms with Crippen LogP contribution in [-0.4, -0.2) is 32.4 Å². The highest BCUT2D eigenvalue weighted by Gasteiger charge is 2.10. The van der Waals surface area contributed by atoms with E-state index in [0.29, 0.717) is 36.0 Å². The summed E-state index contributed by atoms with van der Waals surface area (Å²) < 4.78 is 16.1. The molecule has 6 nitrogen and oxygen atoms in total. The summed E-state index contributed by atoms with van der Waals surface area (Å²) in [5.41, 5.74) is 3.71. The molecule has 0 aliphatic rings. The van der Waals surface area contributed by atoms with Crippen molar-refractivity contribution in [2.75, 3.05) is 20.3 Å². The van der Waals surface area contributed by atoms with Gasteiger partial charge in [0.15, 0.2) is 11.5 Å². The maximum Gasteiger partial charge on any atom is 0.271 e. The molecule has 0 bridgehead atoms. The van der Waals surface area contributed by atoms with Crippen molar-refractivity contribution in [3.8, 4) is 17.2 Å². The second-order valence-electron chi connectivity index (χ2n) is 5.17. The zero-order valence-corrected chi connectivity index (χ0v) is 14.9. The summed E-state index contributed by atoms with van der Waals surface area (Å²) in [6.45, 7) is 6.43. The molecule has 1 amide bonds. The van der Waals surface area contributed by atoms with Crippen molar-refractivity contribution in [3.05, 3.63) is 66.2 Å². The van der Waals surface area contributed by atoms with Crippen LogP contribution in [0, 0.1) is 0 Å². The minimum atomic E-state index is -0.346. The minimum Gasteiger partial charge on any atom is -0.493 e. The summed E-state index contributed by atoms with van der Waals surface area (Å²) in [4.78, 5) is 12.2. The molecule has 0 aliphatic carbocycles. The van der Waals surface area contributed by atoms with Gasteiger partial charge in [-0.2, -0.15) is 5.10 Å². The van der Waals surface area contributed by atoms with E-state index in [1.54, 1.807) is 30.5 Å². The molecule has 0 radical (unpaired) electrons. The fourth-order valence-corrected chi connectivity index (χ4v) is 2.15. The van der Waals surface area contributed by atoms with E-state index in [1.165, 1.54) is 7.11 Å². The smallest absolute Gasteiger partial charge is 0.271 e. The zero-order valence-electron chi connectivity index (χ0n) is 14.9. The van der Waals surface area contributed by atoms with Crippen molar-refractivity contribution >= 4 is 12.1 Å². The molecular formula is C20H22N2O4. The molecule has 1 N–H and O–H groups in total. The van der Waals surface area contributed by atoms with Crippen molar-refractivity contribution in [3.63, 3.8) is 0 Å². The number of carbonyl (C=O) groups excluding carboxylic acids is 1. The van der Waals surface area contributed by atoms with Crippen molar-refractivity contribution in [2.45, 2.75) is 6.92 Å². The Kier molecular flexibility index (Phi) is 7.24. The van der Waals surface area contributed by atoms with Gasteiger partial charge in [-0.05, 0) is 42.8 Å². The normalized spacial score (nSPS) is 10.4. The summed E-state index contributed by atoms with van der Waals surface area (Å²) in [6.07, 6.45) is 3.22. The lowest BCUT2D eigenvalue weighted by Crippen LogP contribution is -2.17. The quantitative estimate of drug-likeness (QED) is 0.426. The number of benzene rings is 2. The molecule has 136 valence electrons. The maximum atomic E-state index is 12.2. The molecule has 6 heteroatoms. The molecule has 0 saturated carbocycles. The van der Waals surface area contributed by atoms with Crippen molar-refractivity contribution in [1.29, 1.82) is 0 Å². The number of hydrogen-bond donors (Lipinski definition) is 1. The Bertz CT molecular complexity index is 787. The number of ether oxygens (including phenoxy) is 3. The van der Waals surface area contributed by atoms with Gasteiger partial charge in [-0.3, -0.25) is 4.79 Å². The average Bonchev–Trinajstić information content (AvgIpc) is 2.67. The van der Waals surface area contributed by atoms with E-state index in [-0.39, 0.29) is 5.91 Å². The van der Waals surface area contributed by atoms with Gasteiger partial charge < -0.3 is 14.2 Å². The molecule has 2 aromatic carbocycles. The van der Waals surface area contributed by atoms with Gasteiger partial charge in [-0.15, -0.1) is 0 Å². The Morgan fingerprint density at radius 2 is 2.04 bits per heavy atom. The zero-order chi connectivity index (χ0) is 18.8. The summed E-state index contributed by atoms with van der Waals surface area (Å²) in [7, 11) is 1.53. The largest absolute Gasteiger partial charge is 0.493 e. The third kappa shape index (κ3) is 5.37. The van der Waals surface area contributed by atoms with E-state index in [4.69, 9.17) is 14.2 Å². The molecule has 0 heterocycles. The summed E-state index contributed by atoms with van der Waals surface area (Å²) in [5, 5.41) is 3.98. The molecule has 0 aliphatic heterocycles. The van der Waals surface area contributed by atoms with Crippen LogP contribution in [0.2, 0.25) is 0 Å². The third-order valence-corrected chi connectivity index (χ3v) is 3.33. The van der Waals surface area contributed by atoms with E-state index in [9.17, 15) is 4.79 Å². The van der Waals surface area contributed by atoms with E-state index in [1.807, 2.05) is 31.2 Å². The first-order chi connectivity index (χ1) is 12.7. The maximum absolute atomic E-state index is 12.2. The topological polar surface area (TPSA) is 69.2 Å². The van der Waals surface area contributed by atoms with Crippen LogP contribution in [0.1, 0.15) is 22.8 Å². The minimum absolute atomic E-state index is 0.346. The van der Waals surface area contributed by atoms with Gasteiger partial charge in [0.1, 0.15) is 12.4 Å². The average molecular weight is 354 g/mol. The first kappa shape index (κ1) is 19.1. The van der Waals surface area contributed by atoms with Crippen LogP contribution >= 0.6 is 0 Å². The second-order valence-corrected chi connectivity index (χ2v) is 5.17. The number of methoxy groups -OCH3 is 1. The Labute approximate surface area is 153 Å². The van der Waals surface area contributed by atoms with Gasteiger partial charge in [0.2, 0.25) is 0 Å². The Morgan fingerprint density at radius 3 is 2.77 bits per heavy atom. The van der Waals surface area contributed by atoms with Gasteiger partial charge in [-0.1, -0.05) is 24.8 Å². The predicted octanol–water partition coefficient (Wildman–Crippen LogP) is 3.42. The Balaban J connectivity index is 2.01. The monoisotopic (exact) mass is 354 g/mol. The van der Waals surface area contributed by atoms with Gasteiger partial charge in [0.05, 0.1) is 19.9 Å². The molecular weight excluding hydrogens is 332 g/mol. The number of hydrogen-bond acceptors (Lipinski definition) is 5. The van der Waals surface area contributed by atoms with E-state index in [2.05, 4.69) is 17.1 Å². The van der Waals surface area contributed by atoms with Crippen LogP contribution < -0.4 is 19.6 Å².